The molecule has 0 amide bonds. The fraction of sp³-hybridized carbons (Fsp3) is 0.316. The zero-order valence-corrected chi connectivity index (χ0v) is 15.2. The number of Topliss-reactive ketones (excluding diaryl/α,β-unsaturated/α-hetero) is 1. The molecule has 1 saturated heterocycles. The van der Waals surface area contributed by atoms with Gasteiger partial charge in [0.25, 0.3) is 0 Å². The molecule has 0 N–H and O–H groups in total. The average Bonchev–Trinajstić information content (AvgIpc) is 3.13. The minimum atomic E-state index is -0.0794. The lowest BCUT2D eigenvalue weighted by Gasteiger charge is -2.75. The third-order valence-electron chi connectivity index (χ3n) is 6.47. The molecule has 130 valence electrons. The molecule has 0 radical (unpaired) electrons. The summed E-state index contributed by atoms with van der Waals surface area (Å²) in [5.74, 6) is 1.29. The molecule has 1 aliphatic heterocycles. The van der Waals surface area contributed by atoms with Crippen LogP contribution >= 0.6 is 23.2 Å². The first-order valence-corrected chi connectivity index (χ1v) is 9.45. The Morgan fingerprint density at radius 1 is 1.23 bits per heavy atom. The maximum absolute atomic E-state index is 12.1. The zero-order valence-electron chi connectivity index (χ0n) is 13.7. The van der Waals surface area contributed by atoms with Crippen molar-refractivity contribution in [2.24, 2.45) is 5.41 Å². The lowest BCUT2D eigenvalue weighted by atomic mass is 9.42. The van der Waals surface area contributed by atoms with Gasteiger partial charge in [-0.25, -0.2) is 9.97 Å². The van der Waals surface area contributed by atoms with Gasteiger partial charge in [-0.05, 0) is 25.0 Å². The van der Waals surface area contributed by atoms with Crippen LogP contribution in [0.2, 0.25) is 10.0 Å². The van der Waals surface area contributed by atoms with Gasteiger partial charge in [0.2, 0.25) is 0 Å². The van der Waals surface area contributed by atoms with Crippen molar-refractivity contribution >= 4 is 45.7 Å². The van der Waals surface area contributed by atoms with E-state index in [1.165, 1.54) is 0 Å². The number of pyridine rings is 1. The third-order valence-corrected chi connectivity index (χ3v) is 7.27. The van der Waals surface area contributed by atoms with Crippen molar-refractivity contribution in [1.29, 1.82) is 0 Å². The summed E-state index contributed by atoms with van der Waals surface area (Å²) in [6, 6.07) is 6.37. The second-order valence-corrected chi connectivity index (χ2v) is 8.16. The normalized spacial score (nSPS) is 28.8. The number of benzene rings is 1. The molecule has 3 atom stereocenters. The number of nitrogens with zero attached hydrogens (tertiary/aromatic N) is 4. The molecule has 3 aromatic rings. The number of halogens is 2. The highest BCUT2D eigenvalue weighted by Crippen LogP contribution is 2.66. The molecule has 26 heavy (non-hydrogen) atoms. The molecule has 1 spiro atoms. The van der Waals surface area contributed by atoms with E-state index in [0.717, 1.165) is 29.7 Å². The Labute approximate surface area is 159 Å². The summed E-state index contributed by atoms with van der Waals surface area (Å²) in [6.07, 6.45) is 8.10. The minimum Gasteiger partial charge on any atom is -0.348 e. The van der Waals surface area contributed by atoms with Crippen molar-refractivity contribution in [3.8, 4) is 5.69 Å². The fourth-order valence-corrected chi connectivity index (χ4v) is 5.40. The first-order valence-electron chi connectivity index (χ1n) is 8.70. The molecule has 1 aromatic carbocycles. The smallest absolute Gasteiger partial charge is 0.145 e. The van der Waals surface area contributed by atoms with Gasteiger partial charge in [-0.15, -0.1) is 0 Å². The van der Waals surface area contributed by atoms with E-state index in [1.54, 1.807) is 18.6 Å². The quantitative estimate of drug-likeness (QED) is 0.668. The Hall–Kier alpha value is -2.11. The largest absolute Gasteiger partial charge is 0.348 e. The van der Waals surface area contributed by atoms with E-state index < -0.39 is 0 Å². The summed E-state index contributed by atoms with van der Waals surface area (Å²) in [5, 5.41) is 1.87. The topological polar surface area (TPSA) is 51.0 Å². The van der Waals surface area contributed by atoms with Crippen molar-refractivity contribution in [3.63, 3.8) is 0 Å². The van der Waals surface area contributed by atoms with Crippen LogP contribution in [0.5, 0.6) is 0 Å². The number of carbonyl (C=O) groups excluding carboxylic acids is 1. The van der Waals surface area contributed by atoms with Gasteiger partial charge in [0, 0.05) is 36.3 Å². The van der Waals surface area contributed by atoms with Gasteiger partial charge in [-0.2, -0.15) is 0 Å². The van der Waals surface area contributed by atoms with Crippen LogP contribution in [0.1, 0.15) is 19.3 Å². The monoisotopic (exact) mass is 384 g/mol. The average molecular weight is 385 g/mol. The van der Waals surface area contributed by atoms with Crippen LogP contribution in [0, 0.1) is 5.41 Å². The van der Waals surface area contributed by atoms with E-state index in [1.807, 2.05) is 16.8 Å². The maximum Gasteiger partial charge on any atom is 0.145 e. The Morgan fingerprint density at radius 3 is 2.77 bits per heavy atom. The number of anilines is 1. The number of hydrogen-bond donors (Lipinski definition) is 0. The van der Waals surface area contributed by atoms with Crippen LogP contribution in [0.15, 0.2) is 36.9 Å². The number of hydrogen-bond acceptors (Lipinski definition) is 4. The molecule has 2 aliphatic carbocycles. The molecule has 6 rings (SSSR count). The highest BCUT2D eigenvalue weighted by atomic mass is 35.5. The molecule has 0 bridgehead atoms. The molecular weight excluding hydrogens is 371 g/mol. The lowest BCUT2D eigenvalue weighted by Crippen LogP contribution is -2.86. The van der Waals surface area contributed by atoms with Gasteiger partial charge in [-0.1, -0.05) is 23.2 Å². The Bertz CT molecular complexity index is 1090. The summed E-state index contributed by atoms with van der Waals surface area (Å²) in [7, 11) is 0. The summed E-state index contributed by atoms with van der Waals surface area (Å²) in [4.78, 5) is 23.4. The van der Waals surface area contributed by atoms with Gasteiger partial charge in [0.1, 0.15) is 11.6 Å². The molecule has 3 fully saturated rings. The van der Waals surface area contributed by atoms with Crippen molar-refractivity contribution in [3.05, 3.63) is 47.0 Å². The van der Waals surface area contributed by atoms with Crippen LogP contribution in [0.3, 0.4) is 0 Å². The molecule has 2 aromatic heterocycles. The molecule has 2 saturated carbocycles. The first kappa shape index (κ1) is 15.0. The highest BCUT2D eigenvalue weighted by molar-refractivity contribution is 6.45. The lowest BCUT2D eigenvalue weighted by molar-refractivity contribution is -0.168. The van der Waals surface area contributed by atoms with Crippen LogP contribution in [0.25, 0.3) is 16.6 Å². The van der Waals surface area contributed by atoms with Gasteiger partial charge < -0.3 is 9.47 Å². The Kier molecular flexibility index (Phi) is 2.76. The summed E-state index contributed by atoms with van der Waals surface area (Å²) >= 11 is 12.7. The Balaban J connectivity index is 1.57. The SMILES string of the molecule is O=C1CC2N(c3cc(-n4ccnc4)c4ccc(Cl)c(Cl)c4n3)C3CCC132. The number of carbonyl (C=O) groups is 1. The predicted molar refractivity (Wildman–Crippen MR) is 100 cm³/mol. The van der Waals surface area contributed by atoms with E-state index in [2.05, 4.69) is 16.0 Å². The number of aromatic nitrogens is 3. The van der Waals surface area contributed by atoms with Crippen molar-refractivity contribution in [1.82, 2.24) is 14.5 Å². The maximum atomic E-state index is 12.1. The van der Waals surface area contributed by atoms with Gasteiger partial charge in [0.05, 0.1) is 39.0 Å². The number of ketones is 1. The van der Waals surface area contributed by atoms with Crippen molar-refractivity contribution in [2.45, 2.75) is 31.3 Å². The van der Waals surface area contributed by atoms with Crippen LogP contribution in [-0.2, 0) is 4.79 Å². The number of rotatable bonds is 2. The van der Waals surface area contributed by atoms with E-state index >= 15 is 0 Å². The molecule has 5 nitrogen and oxygen atoms in total. The molecular formula is C19H14Cl2N4O. The number of imidazole rings is 1. The summed E-state index contributed by atoms with van der Waals surface area (Å²) < 4.78 is 1.96. The zero-order chi connectivity index (χ0) is 17.6. The second kappa shape index (κ2) is 4.78. The van der Waals surface area contributed by atoms with Crippen LogP contribution in [0.4, 0.5) is 5.82 Å². The highest BCUT2D eigenvalue weighted by Gasteiger charge is 2.76. The molecule has 7 heteroatoms. The van der Waals surface area contributed by atoms with Crippen LogP contribution < -0.4 is 4.90 Å². The fourth-order valence-electron chi connectivity index (χ4n) is 5.04. The number of fused-ring (bicyclic) bond motifs is 1. The summed E-state index contributed by atoms with van der Waals surface area (Å²) in [5.41, 5.74) is 1.57. The van der Waals surface area contributed by atoms with Crippen molar-refractivity contribution < 1.29 is 4.79 Å². The number of piperidine rings is 2. The molecule has 3 unspecified atom stereocenters. The molecule has 3 heterocycles. The van der Waals surface area contributed by atoms with Gasteiger partial charge in [-0.3, -0.25) is 4.79 Å². The van der Waals surface area contributed by atoms with Crippen molar-refractivity contribution in [2.75, 3.05) is 4.90 Å². The minimum absolute atomic E-state index is 0.0794. The van der Waals surface area contributed by atoms with E-state index in [0.29, 0.717) is 27.8 Å². The van der Waals surface area contributed by atoms with Gasteiger partial charge in [0.15, 0.2) is 0 Å². The second-order valence-electron chi connectivity index (χ2n) is 7.37. The first-order chi connectivity index (χ1) is 12.6. The van der Waals surface area contributed by atoms with Gasteiger partial charge >= 0.3 is 0 Å². The third kappa shape index (κ3) is 1.57. The van der Waals surface area contributed by atoms with E-state index in [4.69, 9.17) is 28.2 Å². The summed E-state index contributed by atoms with van der Waals surface area (Å²) in [6.45, 7) is 0. The molecule has 3 aliphatic rings. The standard InChI is InChI=1S/C19H14Cl2N4O/c20-11-2-1-10-12(24-6-5-22-9-24)7-16(23-18(10)17(11)21)25-13-3-4-19(13)14(25)8-15(19)26/h1-2,5-7,9,13-14H,3-4,8H2. The van der Waals surface area contributed by atoms with Crippen LogP contribution in [-0.4, -0.2) is 32.4 Å². The van der Waals surface area contributed by atoms with E-state index in [9.17, 15) is 4.79 Å². The van der Waals surface area contributed by atoms with E-state index in [-0.39, 0.29) is 17.5 Å². The Morgan fingerprint density at radius 2 is 2.12 bits per heavy atom. The predicted octanol–water partition coefficient (Wildman–Crippen LogP) is 4.04.